The molecule has 2 heterocycles. The van der Waals surface area contributed by atoms with E-state index in [1.165, 1.54) is 5.56 Å². The van der Waals surface area contributed by atoms with Crippen LogP contribution in [0.15, 0.2) is 58.3 Å². The molecule has 0 aliphatic rings. The number of halogens is 1. The van der Waals surface area contributed by atoms with Gasteiger partial charge in [-0.25, -0.2) is 9.98 Å². The number of nitrogens with zero attached hydrogens (tertiary/aromatic N) is 3. The second-order valence-corrected chi connectivity index (χ2v) is 6.33. The molecule has 0 spiro atoms. The first-order chi connectivity index (χ1) is 13.2. The molecule has 28 heavy (non-hydrogen) atoms. The molecular formula is C21H26IN5O. The van der Waals surface area contributed by atoms with Gasteiger partial charge in [-0.2, -0.15) is 0 Å². The summed E-state index contributed by atoms with van der Waals surface area (Å²) in [5.74, 6) is 1.34. The van der Waals surface area contributed by atoms with E-state index in [1.54, 1.807) is 12.5 Å². The van der Waals surface area contributed by atoms with Gasteiger partial charge >= 0.3 is 0 Å². The minimum absolute atomic E-state index is 0. The zero-order valence-electron chi connectivity index (χ0n) is 16.4. The van der Waals surface area contributed by atoms with Crippen molar-refractivity contribution in [2.45, 2.75) is 33.9 Å². The summed E-state index contributed by atoms with van der Waals surface area (Å²) in [7, 11) is 0. The summed E-state index contributed by atoms with van der Waals surface area (Å²) < 4.78 is 5.60. The second kappa shape index (κ2) is 10.8. The number of hydrogen-bond donors (Lipinski definition) is 2. The van der Waals surface area contributed by atoms with E-state index in [1.807, 2.05) is 37.3 Å². The number of aryl methyl sites for hydroxylation is 2. The van der Waals surface area contributed by atoms with Crippen LogP contribution in [0.3, 0.4) is 0 Å². The minimum atomic E-state index is 0. The maximum absolute atomic E-state index is 5.60. The van der Waals surface area contributed by atoms with Gasteiger partial charge in [-0.1, -0.05) is 23.8 Å². The highest BCUT2D eigenvalue weighted by molar-refractivity contribution is 14.0. The van der Waals surface area contributed by atoms with Crippen molar-refractivity contribution in [2.75, 3.05) is 6.54 Å². The van der Waals surface area contributed by atoms with Crippen molar-refractivity contribution in [3.8, 4) is 11.5 Å². The predicted octanol–water partition coefficient (Wildman–Crippen LogP) is 4.23. The quantitative estimate of drug-likeness (QED) is 0.307. The van der Waals surface area contributed by atoms with Gasteiger partial charge in [0.1, 0.15) is 12.0 Å². The average molecular weight is 491 g/mol. The Labute approximate surface area is 182 Å². The zero-order valence-corrected chi connectivity index (χ0v) is 18.7. The van der Waals surface area contributed by atoms with E-state index in [-0.39, 0.29) is 24.0 Å². The third-order valence-electron chi connectivity index (χ3n) is 4.13. The topological polar surface area (TPSA) is 75.3 Å². The molecule has 0 saturated carbocycles. The van der Waals surface area contributed by atoms with Crippen LogP contribution in [-0.4, -0.2) is 22.5 Å². The lowest BCUT2D eigenvalue weighted by Gasteiger charge is -2.11. The first-order valence-electron chi connectivity index (χ1n) is 9.10. The third kappa shape index (κ3) is 6.05. The van der Waals surface area contributed by atoms with Crippen LogP contribution >= 0.6 is 24.0 Å². The summed E-state index contributed by atoms with van der Waals surface area (Å²) in [4.78, 5) is 13.5. The Kier molecular flexibility index (Phi) is 8.43. The highest BCUT2D eigenvalue weighted by Gasteiger charge is 2.07. The van der Waals surface area contributed by atoms with Crippen LogP contribution in [0.25, 0.3) is 11.5 Å². The van der Waals surface area contributed by atoms with Crippen molar-refractivity contribution >= 4 is 29.9 Å². The summed E-state index contributed by atoms with van der Waals surface area (Å²) in [6.45, 7) is 7.98. The first kappa shape index (κ1) is 21.9. The van der Waals surface area contributed by atoms with Gasteiger partial charge in [0.2, 0.25) is 5.89 Å². The highest BCUT2D eigenvalue weighted by atomic mass is 127. The molecule has 0 bridgehead atoms. The summed E-state index contributed by atoms with van der Waals surface area (Å²) in [6.07, 6.45) is 3.46. The molecule has 3 rings (SSSR count). The van der Waals surface area contributed by atoms with E-state index in [0.717, 1.165) is 35.0 Å². The largest absolute Gasteiger partial charge is 0.444 e. The fourth-order valence-electron chi connectivity index (χ4n) is 2.58. The summed E-state index contributed by atoms with van der Waals surface area (Å²) in [6, 6.07) is 12.1. The van der Waals surface area contributed by atoms with Crippen molar-refractivity contribution in [3.05, 3.63) is 71.4 Å². The van der Waals surface area contributed by atoms with Crippen molar-refractivity contribution in [2.24, 2.45) is 4.99 Å². The lowest BCUT2D eigenvalue weighted by Crippen LogP contribution is -2.37. The van der Waals surface area contributed by atoms with E-state index in [0.29, 0.717) is 19.0 Å². The number of pyridine rings is 1. The molecule has 0 fully saturated rings. The van der Waals surface area contributed by atoms with Crippen molar-refractivity contribution in [1.29, 1.82) is 0 Å². The molecule has 0 atom stereocenters. The maximum Gasteiger partial charge on any atom is 0.226 e. The Morgan fingerprint density at radius 3 is 2.61 bits per heavy atom. The SMILES string of the molecule is CCNC(=NCc1coc(-c2ccc(C)cc2)n1)NCc1ncccc1C.I. The molecule has 3 aromatic rings. The van der Waals surface area contributed by atoms with Gasteiger partial charge in [-0.15, -0.1) is 24.0 Å². The number of aromatic nitrogens is 2. The van der Waals surface area contributed by atoms with E-state index < -0.39 is 0 Å². The van der Waals surface area contributed by atoms with E-state index >= 15 is 0 Å². The lowest BCUT2D eigenvalue weighted by atomic mass is 10.1. The first-order valence-corrected chi connectivity index (χ1v) is 9.10. The normalized spacial score (nSPS) is 11.0. The molecule has 0 unspecified atom stereocenters. The van der Waals surface area contributed by atoms with Crippen LogP contribution in [0.5, 0.6) is 0 Å². The molecule has 6 nitrogen and oxygen atoms in total. The van der Waals surface area contributed by atoms with Crippen molar-refractivity contribution in [1.82, 2.24) is 20.6 Å². The summed E-state index contributed by atoms with van der Waals surface area (Å²) >= 11 is 0. The molecule has 0 amide bonds. The van der Waals surface area contributed by atoms with Gasteiger partial charge in [-0.3, -0.25) is 4.98 Å². The van der Waals surface area contributed by atoms with E-state index in [2.05, 4.69) is 45.5 Å². The van der Waals surface area contributed by atoms with Gasteiger partial charge in [0.15, 0.2) is 5.96 Å². The van der Waals surface area contributed by atoms with Crippen LogP contribution in [0, 0.1) is 13.8 Å². The molecule has 148 valence electrons. The van der Waals surface area contributed by atoms with Gasteiger partial charge in [-0.05, 0) is 44.5 Å². The second-order valence-electron chi connectivity index (χ2n) is 6.33. The molecule has 0 aliphatic carbocycles. The number of aliphatic imine (C=N–C) groups is 1. The van der Waals surface area contributed by atoms with Crippen molar-refractivity contribution in [3.63, 3.8) is 0 Å². The number of hydrogen-bond acceptors (Lipinski definition) is 4. The van der Waals surface area contributed by atoms with Crippen LogP contribution in [0.2, 0.25) is 0 Å². The lowest BCUT2D eigenvalue weighted by molar-refractivity contribution is 0.572. The Morgan fingerprint density at radius 2 is 1.89 bits per heavy atom. The monoisotopic (exact) mass is 491 g/mol. The van der Waals surface area contributed by atoms with Gasteiger partial charge < -0.3 is 15.1 Å². The Balaban J connectivity index is 0.00000280. The fraction of sp³-hybridized carbons (Fsp3) is 0.286. The smallest absolute Gasteiger partial charge is 0.226 e. The molecule has 2 aromatic heterocycles. The van der Waals surface area contributed by atoms with Gasteiger partial charge in [0, 0.05) is 18.3 Å². The van der Waals surface area contributed by atoms with Crippen LogP contribution in [0.1, 0.15) is 29.4 Å². The molecule has 1 aromatic carbocycles. The van der Waals surface area contributed by atoms with Gasteiger partial charge in [0.25, 0.3) is 0 Å². The Hall–Kier alpha value is -2.42. The summed E-state index contributed by atoms with van der Waals surface area (Å²) in [5.41, 5.74) is 5.12. The molecule has 0 saturated heterocycles. The number of nitrogens with one attached hydrogen (secondary N) is 2. The number of oxazole rings is 1. The molecular weight excluding hydrogens is 465 g/mol. The molecule has 0 aliphatic heterocycles. The predicted molar refractivity (Wildman–Crippen MR) is 123 cm³/mol. The number of rotatable bonds is 6. The Bertz CT molecular complexity index is 905. The standard InChI is InChI=1S/C21H25N5O.HI/c1-4-22-21(25-13-19-16(3)6-5-11-23-19)24-12-18-14-27-20(26-18)17-9-7-15(2)8-10-17;/h5-11,14H,4,12-13H2,1-3H3,(H2,22,24,25);1H. The fourth-order valence-corrected chi connectivity index (χ4v) is 2.58. The number of benzene rings is 1. The Morgan fingerprint density at radius 1 is 1.11 bits per heavy atom. The minimum Gasteiger partial charge on any atom is -0.444 e. The molecule has 0 radical (unpaired) electrons. The molecule has 7 heteroatoms. The van der Waals surface area contributed by atoms with Crippen LogP contribution < -0.4 is 10.6 Å². The highest BCUT2D eigenvalue weighted by Crippen LogP contribution is 2.19. The van der Waals surface area contributed by atoms with Crippen LogP contribution in [0.4, 0.5) is 0 Å². The number of guanidine groups is 1. The van der Waals surface area contributed by atoms with Gasteiger partial charge in [0.05, 0.1) is 18.8 Å². The molecule has 2 N–H and O–H groups in total. The maximum atomic E-state index is 5.60. The summed E-state index contributed by atoms with van der Waals surface area (Å²) in [5, 5.41) is 6.55. The zero-order chi connectivity index (χ0) is 19.1. The van der Waals surface area contributed by atoms with Crippen molar-refractivity contribution < 1.29 is 4.42 Å². The third-order valence-corrected chi connectivity index (χ3v) is 4.13. The van der Waals surface area contributed by atoms with E-state index in [9.17, 15) is 0 Å². The van der Waals surface area contributed by atoms with E-state index in [4.69, 9.17) is 4.42 Å². The average Bonchev–Trinajstić information content (AvgIpc) is 3.15. The van der Waals surface area contributed by atoms with Crippen LogP contribution in [-0.2, 0) is 13.1 Å².